The van der Waals surface area contributed by atoms with Crippen LogP contribution in [0.1, 0.15) is 16.7 Å². The molecule has 3 rings (SSSR count). The van der Waals surface area contributed by atoms with Crippen molar-refractivity contribution in [3.63, 3.8) is 0 Å². The van der Waals surface area contributed by atoms with E-state index in [-0.39, 0.29) is 0 Å². The summed E-state index contributed by atoms with van der Waals surface area (Å²) in [6.07, 6.45) is 3.62. The second kappa shape index (κ2) is 5.98. The van der Waals surface area contributed by atoms with Gasteiger partial charge in [-0.2, -0.15) is 0 Å². The molecule has 0 atom stereocenters. The zero-order valence-electron chi connectivity index (χ0n) is 13.1. The van der Waals surface area contributed by atoms with Crippen LogP contribution in [0.25, 0.3) is 0 Å². The van der Waals surface area contributed by atoms with Gasteiger partial charge in [0.1, 0.15) is 11.6 Å². The fourth-order valence-electron chi connectivity index (χ4n) is 2.84. The van der Waals surface area contributed by atoms with Crippen molar-refractivity contribution in [1.29, 1.82) is 0 Å². The Hall–Kier alpha value is -2.68. The number of benzene rings is 1. The molecule has 0 saturated carbocycles. The molecule has 22 heavy (non-hydrogen) atoms. The highest BCUT2D eigenvalue weighted by molar-refractivity contribution is 5.76. The Labute approximate surface area is 131 Å². The standard InChI is InChI=1S/C19H19N3/c1-14-12-15(2)19(16(3)13-14)22(17-8-4-6-10-20-17)18-9-5-7-11-21-18/h4-13H,1-3H3. The lowest BCUT2D eigenvalue weighted by Gasteiger charge is -2.26. The minimum Gasteiger partial charge on any atom is -0.278 e. The Kier molecular flexibility index (Phi) is 3.88. The predicted molar refractivity (Wildman–Crippen MR) is 90.9 cm³/mol. The minimum atomic E-state index is 0.872. The van der Waals surface area contributed by atoms with Crippen LogP contribution in [0.2, 0.25) is 0 Å². The van der Waals surface area contributed by atoms with Gasteiger partial charge in [-0.15, -0.1) is 0 Å². The number of hydrogen-bond acceptors (Lipinski definition) is 3. The summed E-state index contributed by atoms with van der Waals surface area (Å²) in [6, 6.07) is 16.3. The first kappa shape index (κ1) is 14.3. The summed E-state index contributed by atoms with van der Waals surface area (Å²) in [5, 5.41) is 0. The van der Waals surface area contributed by atoms with Gasteiger partial charge in [0.25, 0.3) is 0 Å². The lowest BCUT2D eigenvalue weighted by Crippen LogP contribution is -2.15. The first-order valence-corrected chi connectivity index (χ1v) is 7.37. The normalized spacial score (nSPS) is 10.5. The number of hydrogen-bond donors (Lipinski definition) is 0. The topological polar surface area (TPSA) is 29.0 Å². The van der Waals surface area contributed by atoms with Crippen LogP contribution in [0.15, 0.2) is 60.9 Å². The highest BCUT2D eigenvalue weighted by Gasteiger charge is 2.18. The summed E-state index contributed by atoms with van der Waals surface area (Å²) in [6.45, 7) is 6.39. The van der Waals surface area contributed by atoms with Crippen LogP contribution in [0, 0.1) is 20.8 Å². The van der Waals surface area contributed by atoms with Crippen molar-refractivity contribution in [2.75, 3.05) is 4.90 Å². The summed E-state index contributed by atoms with van der Waals surface area (Å²) in [5.41, 5.74) is 4.84. The van der Waals surface area contributed by atoms with Gasteiger partial charge in [0.2, 0.25) is 0 Å². The average molecular weight is 289 g/mol. The molecule has 2 heterocycles. The second-order valence-corrected chi connectivity index (χ2v) is 5.46. The largest absolute Gasteiger partial charge is 0.278 e. The molecule has 0 aliphatic heterocycles. The second-order valence-electron chi connectivity index (χ2n) is 5.46. The molecule has 0 radical (unpaired) electrons. The maximum absolute atomic E-state index is 4.52. The van der Waals surface area contributed by atoms with Crippen molar-refractivity contribution in [3.8, 4) is 0 Å². The number of aromatic nitrogens is 2. The highest BCUT2D eigenvalue weighted by atomic mass is 15.2. The summed E-state index contributed by atoms with van der Waals surface area (Å²) in [7, 11) is 0. The van der Waals surface area contributed by atoms with Gasteiger partial charge in [-0.1, -0.05) is 29.8 Å². The van der Waals surface area contributed by atoms with Crippen molar-refractivity contribution >= 4 is 17.3 Å². The Balaban J connectivity index is 2.24. The maximum Gasteiger partial charge on any atom is 0.138 e. The summed E-state index contributed by atoms with van der Waals surface area (Å²) in [5.74, 6) is 1.74. The molecule has 0 spiro atoms. The zero-order chi connectivity index (χ0) is 15.5. The Morgan fingerprint density at radius 2 is 1.23 bits per heavy atom. The summed E-state index contributed by atoms with van der Waals surface area (Å²) >= 11 is 0. The molecule has 0 saturated heterocycles. The van der Waals surface area contributed by atoms with Crippen molar-refractivity contribution in [3.05, 3.63) is 77.6 Å². The minimum absolute atomic E-state index is 0.872. The van der Waals surface area contributed by atoms with Crippen molar-refractivity contribution in [1.82, 2.24) is 9.97 Å². The van der Waals surface area contributed by atoms with Gasteiger partial charge in [0.05, 0.1) is 5.69 Å². The molecule has 0 aliphatic rings. The smallest absolute Gasteiger partial charge is 0.138 e. The molecule has 0 bridgehead atoms. The van der Waals surface area contributed by atoms with Crippen molar-refractivity contribution < 1.29 is 0 Å². The number of pyridine rings is 2. The fourth-order valence-corrected chi connectivity index (χ4v) is 2.84. The molecule has 2 aromatic heterocycles. The molecule has 0 fully saturated rings. The Bertz CT molecular complexity index is 705. The van der Waals surface area contributed by atoms with Crippen molar-refractivity contribution in [2.45, 2.75) is 20.8 Å². The van der Waals surface area contributed by atoms with E-state index in [9.17, 15) is 0 Å². The molecule has 0 aliphatic carbocycles. The van der Waals surface area contributed by atoms with Gasteiger partial charge in [-0.05, 0) is 56.2 Å². The lowest BCUT2D eigenvalue weighted by atomic mass is 10.0. The molecule has 3 aromatic rings. The monoisotopic (exact) mass is 289 g/mol. The third kappa shape index (κ3) is 2.70. The van der Waals surface area contributed by atoms with E-state index in [1.165, 1.54) is 16.7 Å². The van der Waals surface area contributed by atoms with Gasteiger partial charge in [0, 0.05) is 12.4 Å². The Morgan fingerprint density at radius 3 is 1.64 bits per heavy atom. The SMILES string of the molecule is Cc1cc(C)c(N(c2ccccn2)c2ccccn2)c(C)c1. The van der Waals surface area contributed by atoms with Crippen LogP contribution in [-0.4, -0.2) is 9.97 Å². The van der Waals surface area contributed by atoms with Gasteiger partial charge >= 0.3 is 0 Å². The maximum atomic E-state index is 4.52. The van der Waals surface area contributed by atoms with Crippen LogP contribution in [0.3, 0.4) is 0 Å². The zero-order valence-corrected chi connectivity index (χ0v) is 13.1. The quantitative estimate of drug-likeness (QED) is 0.688. The van der Waals surface area contributed by atoms with E-state index in [4.69, 9.17) is 0 Å². The number of nitrogens with zero attached hydrogens (tertiary/aromatic N) is 3. The molecule has 110 valence electrons. The van der Waals surface area contributed by atoms with Crippen LogP contribution in [0.5, 0.6) is 0 Å². The first-order valence-electron chi connectivity index (χ1n) is 7.37. The summed E-state index contributed by atoms with van der Waals surface area (Å²) < 4.78 is 0. The molecule has 3 nitrogen and oxygen atoms in total. The van der Waals surface area contributed by atoms with Crippen LogP contribution in [0.4, 0.5) is 17.3 Å². The number of rotatable bonds is 3. The van der Waals surface area contributed by atoms with Gasteiger partial charge in [-0.25, -0.2) is 9.97 Å². The lowest BCUT2D eigenvalue weighted by molar-refractivity contribution is 1.10. The summed E-state index contributed by atoms with van der Waals surface area (Å²) in [4.78, 5) is 11.2. The molecule has 0 N–H and O–H groups in total. The average Bonchev–Trinajstić information content (AvgIpc) is 2.52. The van der Waals surface area contributed by atoms with Crippen molar-refractivity contribution in [2.24, 2.45) is 0 Å². The van der Waals surface area contributed by atoms with Gasteiger partial charge in [-0.3, -0.25) is 4.90 Å². The Morgan fingerprint density at radius 1 is 0.727 bits per heavy atom. The molecular weight excluding hydrogens is 270 g/mol. The van der Waals surface area contributed by atoms with E-state index in [1.807, 2.05) is 48.8 Å². The van der Waals surface area contributed by atoms with Gasteiger partial charge in [0.15, 0.2) is 0 Å². The fraction of sp³-hybridized carbons (Fsp3) is 0.158. The molecule has 0 amide bonds. The van der Waals surface area contributed by atoms with Gasteiger partial charge < -0.3 is 0 Å². The number of aryl methyl sites for hydroxylation is 3. The van der Waals surface area contributed by atoms with Crippen LogP contribution in [-0.2, 0) is 0 Å². The van der Waals surface area contributed by atoms with E-state index in [2.05, 4.69) is 47.8 Å². The predicted octanol–water partition coefficient (Wildman–Crippen LogP) is 4.87. The molecular formula is C19H19N3. The van der Waals surface area contributed by atoms with E-state index < -0.39 is 0 Å². The molecule has 1 aromatic carbocycles. The van der Waals surface area contributed by atoms with E-state index >= 15 is 0 Å². The molecule has 0 unspecified atom stereocenters. The first-order chi connectivity index (χ1) is 10.7. The third-order valence-electron chi connectivity index (χ3n) is 3.62. The van der Waals surface area contributed by atoms with E-state index in [0.29, 0.717) is 0 Å². The molecule has 3 heteroatoms. The van der Waals surface area contributed by atoms with Crippen LogP contribution < -0.4 is 4.90 Å². The third-order valence-corrected chi connectivity index (χ3v) is 3.62. The number of anilines is 3. The highest BCUT2D eigenvalue weighted by Crippen LogP contribution is 2.36. The van der Waals surface area contributed by atoms with Crippen LogP contribution >= 0.6 is 0 Å². The van der Waals surface area contributed by atoms with E-state index in [0.717, 1.165) is 17.3 Å². The van der Waals surface area contributed by atoms with E-state index in [1.54, 1.807) is 0 Å².